The second kappa shape index (κ2) is 7.76. The Hall–Kier alpha value is -0.870. The Morgan fingerprint density at radius 3 is 3.00 bits per heavy atom. The van der Waals surface area contributed by atoms with Crippen molar-refractivity contribution in [1.82, 2.24) is 5.32 Å². The Morgan fingerprint density at radius 1 is 1.77 bits per heavy atom. The number of hydrogen-bond acceptors (Lipinski definition) is 3. The number of aliphatic hydroxyl groups excluding tert-OH is 1. The van der Waals surface area contributed by atoms with Gasteiger partial charge in [0.05, 0.1) is 12.7 Å². The minimum atomic E-state index is -0.643. The maximum Gasteiger partial charge on any atom is 0.243 e. The van der Waals surface area contributed by atoms with Gasteiger partial charge in [0, 0.05) is 13.2 Å². The molecule has 0 aromatic rings. The molecule has 13 heavy (non-hydrogen) atoms. The Kier molecular flexibility index (Phi) is 7.24. The first-order chi connectivity index (χ1) is 6.20. The van der Waals surface area contributed by atoms with Crippen LogP contribution in [0.5, 0.6) is 0 Å². The zero-order valence-electron chi connectivity index (χ0n) is 7.95. The number of aliphatic hydroxyl groups is 1. The lowest BCUT2D eigenvalue weighted by Gasteiger charge is -2.10. The summed E-state index contributed by atoms with van der Waals surface area (Å²) in [7, 11) is 0. The fourth-order valence-electron chi connectivity index (χ4n) is 0.713. The highest BCUT2D eigenvalue weighted by atomic mass is 16.5. The van der Waals surface area contributed by atoms with Gasteiger partial charge in [-0.1, -0.05) is 13.5 Å². The average molecular weight is 187 g/mol. The summed E-state index contributed by atoms with van der Waals surface area (Å²) in [5.41, 5.74) is 0. The molecule has 2 N–H and O–H groups in total. The molecule has 0 aromatic heterocycles. The summed E-state index contributed by atoms with van der Waals surface area (Å²) in [6, 6.07) is 0. The van der Waals surface area contributed by atoms with E-state index in [1.165, 1.54) is 6.08 Å². The smallest absolute Gasteiger partial charge is 0.243 e. The van der Waals surface area contributed by atoms with E-state index in [4.69, 9.17) is 4.74 Å². The predicted octanol–water partition coefficient (Wildman–Crippen LogP) is 0.0761. The molecule has 0 saturated carbocycles. The molecule has 0 rings (SSSR count). The van der Waals surface area contributed by atoms with Crippen molar-refractivity contribution in [3.63, 3.8) is 0 Å². The summed E-state index contributed by atoms with van der Waals surface area (Å²) >= 11 is 0. The van der Waals surface area contributed by atoms with Gasteiger partial charge in [0.25, 0.3) is 0 Å². The van der Waals surface area contributed by atoms with Crippen LogP contribution >= 0.6 is 0 Å². The maximum atomic E-state index is 10.7. The van der Waals surface area contributed by atoms with Gasteiger partial charge in [0.1, 0.15) is 0 Å². The molecule has 0 aliphatic heterocycles. The van der Waals surface area contributed by atoms with Crippen molar-refractivity contribution in [2.24, 2.45) is 0 Å². The van der Waals surface area contributed by atoms with Crippen LogP contribution in [0.15, 0.2) is 12.7 Å². The van der Waals surface area contributed by atoms with Gasteiger partial charge in [0.2, 0.25) is 5.91 Å². The van der Waals surface area contributed by atoms with Gasteiger partial charge < -0.3 is 15.2 Å². The van der Waals surface area contributed by atoms with Crippen molar-refractivity contribution >= 4 is 5.91 Å². The van der Waals surface area contributed by atoms with Crippen molar-refractivity contribution < 1.29 is 14.6 Å². The zero-order chi connectivity index (χ0) is 10.1. The fraction of sp³-hybridized carbons (Fsp3) is 0.667. The molecule has 1 atom stereocenters. The second-order valence-corrected chi connectivity index (χ2v) is 2.68. The van der Waals surface area contributed by atoms with Gasteiger partial charge in [-0.2, -0.15) is 0 Å². The van der Waals surface area contributed by atoms with Gasteiger partial charge >= 0.3 is 0 Å². The lowest BCUT2D eigenvalue weighted by Crippen LogP contribution is -2.33. The molecule has 1 unspecified atom stereocenters. The van der Waals surface area contributed by atoms with Gasteiger partial charge in [-0.25, -0.2) is 0 Å². The minimum absolute atomic E-state index is 0.203. The zero-order valence-corrected chi connectivity index (χ0v) is 7.95. The molecule has 0 spiro atoms. The average Bonchev–Trinajstić information content (AvgIpc) is 2.14. The lowest BCUT2D eigenvalue weighted by atomic mass is 10.3. The van der Waals surface area contributed by atoms with Crippen molar-refractivity contribution in [2.75, 3.05) is 19.8 Å². The van der Waals surface area contributed by atoms with E-state index in [1.54, 1.807) is 0 Å². The molecule has 0 fully saturated rings. The van der Waals surface area contributed by atoms with Crippen molar-refractivity contribution in [3.8, 4) is 0 Å². The fourth-order valence-corrected chi connectivity index (χ4v) is 0.713. The Morgan fingerprint density at radius 2 is 2.46 bits per heavy atom. The number of amides is 1. The van der Waals surface area contributed by atoms with E-state index in [1.807, 2.05) is 6.92 Å². The molecule has 0 radical (unpaired) electrons. The quantitative estimate of drug-likeness (QED) is 0.438. The van der Waals surface area contributed by atoms with E-state index in [0.717, 1.165) is 6.42 Å². The topological polar surface area (TPSA) is 58.6 Å². The van der Waals surface area contributed by atoms with Crippen LogP contribution in [0, 0.1) is 0 Å². The summed E-state index contributed by atoms with van der Waals surface area (Å²) < 4.78 is 5.08. The molecule has 76 valence electrons. The SMILES string of the molecule is C=CC(=O)NCC(O)COCCC. The molecule has 4 nitrogen and oxygen atoms in total. The number of rotatable bonds is 7. The molecule has 0 aromatic carbocycles. The normalized spacial score (nSPS) is 12.2. The summed E-state index contributed by atoms with van der Waals surface area (Å²) in [6.07, 6.45) is 1.45. The molecule has 0 aliphatic rings. The van der Waals surface area contributed by atoms with Gasteiger partial charge in [-0.05, 0) is 12.5 Å². The van der Waals surface area contributed by atoms with Crippen molar-refractivity contribution in [1.29, 1.82) is 0 Å². The van der Waals surface area contributed by atoms with E-state index in [2.05, 4.69) is 11.9 Å². The summed E-state index contributed by atoms with van der Waals surface area (Å²) in [6.45, 7) is 6.37. The van der Waals surface area contributed by atoms with Crippen molar-refractivity contribution in [3.05, 3.63) is 12.7 Å². The van der Waals surface area contributed by atoms with E-state index in [-0.39, 0.29) is 19.1 Å². The number of ether oxygens (including phenoxy) is 1. The molecule has 0 saturated heterocycles. The first-order valence-corrected chi connectivity index (χ1v) is 4.36. The molecule has 0 aliphatic carbocycles. The predicted molar refractivity (Wildman–Crippen MR) is 50.3 cm³/mol. The third-order valence-electron chi connectivity index (χ3n) is 1.36. The highest BCUT2D eigenvalue weighted by Crippen LogP contribution is 1.86. The van der Waals surface area contributed by atoms with E-state index < -0.39 is 6.10 Å². The van der Waals surface area contributed by atoms with Crippen LogP contribution in [0.3, 0.4) is 0 Å². The minimum Gasteiger partial charge on any atom is -0.389 e. The molecular formula is C9H17NO3. The van der Waals surface area contributed by atoms with Crippen LogP contribution in [0.25, 0.3) is 0 Å². The van der Waals surface area contributed by atoms with Gasteiger partial charge in [-0.3, -0.25) is 4.79 Å². The van der Waals surface area contributed by atoms with Crippen LogP contribution < -0.4 is 5.32 Å². The Labute approximate surface area is 78.6 Å². The lowest BCUT2D eigenvalue weighted by molar-refractivity contribution is -0.117. The third kappa shape index (κ3) is 7.49. The standard InChI is InChI=1S/C9H17NO3/c1-3-5-13-7-8(11)6-10-9(12)4-2/h4,8,11H,2-3,5-7H2,1H3,(H,10,12). The number of carbonyl (C=O) groups excluding carboxylic acids is 1. The summed E-state index contributed by atoms with van der Waals surface area (Å²) in [5.74, 6) is -0.283. The molecule has 0 bridgehead atoms. The van der Waals surface area contributed by atoms with Crippen LogP contribution in [-0.4, -0.2) is 36.9 Å². The van der Waals surface area contributed by atoms with Gasteiger partial charge in [0.15, 0.2) is 0 Å². The maximum absolute atomic E-state index is 10.7. The highest BCUT2D eigenvalue weighted by Gasteiger charge is 2.04. The second-order valence-electron chi connectivity index (χ2n) is 2.68. The first kappa shape index (κ1) is 12.1. The number of carbonyl (C=O) groups is 1. The largest absolute Gasteiger partial charge is 0.389 e. The number of nitrogens with one attached hydrogen (secondary N) is 1. The monoisotopic (exact) mass is 187 g/mol. The Bertz CT molecular complexity index is 159. The molecular weight excluding hydrogens is 170 g/mol. The van der Waals surface area contributed by atoms with Gasteiger partial charge in [-0.15, -0.1) is 0 Å². The van der Waals surface area contributed by atoms with Crippen LogP contribution in [0.2, 0.25) is 0 Å². The Balaban J connectivity index is 3.34. The van der Waals surface area contributed by atoms with E-state index in [0.29, 0.717) is 6.61 Å². The van der Waals surface area contributed by atoms with Crippen LogP contribution in [0.1, 0.15) is 13.3 Å². The molecule has 0 heterocycles. The molecule has 1 amide bonds. The van der Waals surface area contributed by atoms with E-state index >= 15 is 0 Å². The van der Waals surface area contributed by atoms with Crippen molar-refractivity contribution in [2.45, 2.75) is 19.4 Å². The third-order valence-corrected chi connectivity index (χ3v) is 1.36. The molecule has 4 heteroatoms. The van der Waals surface area contributed by atoms with Crippen LogP contribution in [0.4, 0.5) is 0 Å². The summed E-state index contributed by atoms with van der Waals surface area (Å²) in [4.78, 5) is 10.7. The number of hydrogen-bond donors (Lipinski definition) is 2. The van der Waals surface area contributed by atoms with E-state index in [9.17, 15) is 9.90 Å². The van der Waals surface area contributed by atoms with Crippen LogP contribution in [-0.2, 0) is 9.53 Å². The first-order valence-electron chi connectivity index (χ1n) is 4.36. The summed E-state index contributed by atoms with van der Waals surface area (Å²) in [5, 5.41) is 11.7. The highest BCUT2D eigenvalue weighted by molar-refractivity contribution is 5.86.